The number of unbranched alkanes of at least 4 members (excludes halogenated alkanes) is 3. The van der Waals surface area contributed by atoms with E-state index in [0.29, 0.717) is 18.2 Å². The Morgan fingerprint density at radius 3 is 2.56 bits per heavy atom. The molecule has 2 nitrogen and oxygen atoms in total. The molecule has 5 heteroatoms. The zero-order valence-electron chi connectivity index (χ0n) is 14.6. The second-order valence-corrected chi connectivity index (χ2v) is 7.84. The summed E-state index contributed by atoms with van der Waals surface area (Å²) in [6.07, 6.45) is 5.52. The maximum absolute atomic E-state index is 6.48. The van der Waals surface area contributed by atoms with Crippen molar-refractivity contribution in [2.75, 3.05) is 18.5 Å². The lowest BCUT2D eigenvalue weighted by molar-refractivity contribution is 0.305. The van der Waals surface area contributed by atoms with Crippen LogP contribution in [0, 0.1) is 0 Å². The van der Waals surface area contributed by atoms with Crippen LogP contribution in [-0.4, -0.2) is 23.9 Å². The fraction of sp³-hybridized carbons (Fsp3) is 0.500. The van der Waals surface area contributed by atoms with Gasteiger partial charge in [-0.2, -0.15) is 0 Å². The molecule has 0 N–H and O–H groups in total. The van der Waals surface area contributed by atoms with E-state index in [2.05, 4.69) is 22.9 Å². The molecule has 0 spiro atoms. The second-order valence-electron chi connectivity index (χ2n) is 6.03. The Balaban J connectivity index is 2.15. The van der Waals surface area contributed by atoms with Crippen LogP contribution in [0.5, 0.6) is 11.5 Å². The Labute approximate surface area is 168 Å². The highest BCUT2D eigenvalue weighted by Gasteiger charge is 2.14. The van der Waals surface area contributed by atoms with Crippen molar-refractivity contribution in [3.63, 3.8) is 0 Å². The van der Waals surface area contributed by atoms with E-state index in [1.165, 1.54) is 19.3 Å². The lowest BCUT2D eigenvalue weighted by atomic mass is 10.1. The zero-order valence-corrected chi connectivity index (χ0v) is 17.7. The van der Waals surface area contributed by atoms with Crippen LogP contribution in [-0.2, 0) is 0 Å². The molecule has 0 saturated carbocycles. The average Bonchev–Trinajstić information content (AvgIpc) is 2.61. The molecule has 0 aliphatic heterocycles. The number of halogens is 3. The normalized spacial score (nSPS) is 12.3. The van der Waals surface area contributed by atoms with Crippen molar-refractivity contribution >= 4 is 49.9 Å². The first-order valence-corrected chi connectivity index (χ1v) is 10.8. The summed E-state index contributed by atoms with van der Waals surface area (Å²) < 4.78 is 11.9. The summed E-state index contributed by atoms with van der Waals surface area (Å²) in [5.74, 6) is 1.49. The number of alkyl halides is 2. The number of rotatable bonds is 11. The molecule has 0 aromatic heterocycles. The van der Waals surface area contributed by atoms with E-state index >= 15 is 0 Å². The standard InChI is InChI=1S/C20H25BrCl2O2/c1-2-3-4-7-12-24-20-17-9-6-5-8-16(17)19(13-18(20)23)25-14-15(22)10-11-21/h5-6,8-9,13,15H,2-4,7,10-12,14H2,1H3. The number of benzene rings is 2. The van der Waals surface area contributed by atoms with Crippen molar-refractivity contribution in [2.24, 2.45) is 0 Å². The summed E-state index contributed by atoms with van der Waals surface area (Å²) in [6, 6.07) is 9.86. The van der Waals surface area contributed by atoms with E-state index in [-0.39, 0.29) is 5.38 Å². The van der Waals surface area contributed by atoms with Crippen LogP contribution in [0.15, 0.2) is 30.3 Å². The molecule has 138 valence electrons. The molecule has 1 atom stereocenters. The van der Waals surface area contributed by atoms with Gasteiger partial charge >= 0.3 is 0 Å². The van der Waals surface area contributed by atoms with Crippen molar-refractivity contribution in [2.45, 2.75) is 44.4 Å². The van der Waals surface area contributed by atoms with Gasteiger partial charge in [0.2, 0.25) is 0 Å². The van der Waals surface area contributed by atoms with Gasteiger partial charge in [-0.05, 0) is 12.8 Å². The van der Waals surface area contributed by atoms with E-state index in [4.69, 9.17) is 32.7 Å². The van der Waals surface area contributed by atoms with Crippen molar-refractivity contribution < 1.29 is 9.47 Å². The third-order valence-corrected chi connectivity index (χ3v) is 5.08. The van der Waals surface area contributed by atoms with Gasteiger partial charge in [0, 0.05) is 22.2 Å². The number of ether oxygens (including phenoxy) is 2. The van der Waals surface area contributed by atoms with Crippen LogP contribution in [0.1, 0.15) is 39.0 Å². The largest absolute Gasteiger partial charge is 0.491 e. The smallest absolute Gasteiger partial charge is 0.145 e. The van der Waals surface area contributed by atoms with Gasteiger partial charge in [0.1, 0.15) is 18.1 Å². The molecule has 2 aromatic rings. The predicted octanol–water partition coefficient (Wildman–Crippen LogP) is 7.22. The topological polar surface area (TPSA) is 18.5 Å². The van der Waals surface area contributed by atoms with Gasteiger partial charge in [0.05, 0.1) is 17.0 Å². The Bertz CT molecular complexity index is 663. The van der Waals surface area contributed by atoms with Crippen molar-refractivity contribution in [1.29, 1.82) is 0 Å². The number of fused-ring (bicyclic) bond motifs is 1. The molecular formula is C20H25BrCl2O2. The number of hydrogen-bond donors (Lipinski definition) is 0. The van der Waals surface area contributed by atoms with E-state index in [1.807, 2.05) is 30.3 Å². The molecule has 2 aromatic carbocycles. The van der Waals surface area contributed by atoms with Crippen LogP contribution in [0.4, 0.5) is 0 Å². The summed E-state index contributed by atoms with van der Waals surface area (Å²) in [5.41, 5.74) is 0. The Kier molecular flexibility index (Phi) is 9.22. The molecule has 0 saturated heterocycles. The summed E-state index contributed by atoms with van der Waals surface area (Å²) in [5, 5.41) is 3.38. The molecular weight excluding hydrogens is 423 g/mol. The summed E-state index contributed by atoms with van der Waals surface area (Å²) in [7, 11) is 0. The van der Waals surface area contributed by atoms with Crippen molar-refractivity contribution in [1.82, 2.24) is 0 Å². The van der Waals surface area contributed by atoms with Gasteiger partial charge in [0.15, 0.2) is 0 Å². The first-order chi connectivity index (χ1) is 12.2. The summed E-state index contributed by atoms with van der Waals surface area (Å²) >= 11 is 16.1. The van der Waals surface area contributed by atoms with Gasteiger partial charge < -0.3 is 9.47 Å². The SMILES string of the molecule is CCCCCCOc1c(Cl)cc(OCC(Cl)CCBr)c2ccccc12. The van der Waals surface area contributed by atoms with Gasteiger partial charge in [-0.15, -0.1) is 11.6 Å². The van der Waals surface area contributed by atoms with Crippen molar-refractivity contribution in [3.8, 4) is 11.5 Å². The van der Waals surface area contributed by atoms with Gasteiger partial charge in [-0.1, -0.05) is 78.0 Å². The molecule has 0 aliphatic rings. The Morgan fingerprint density at radius 1 is 1.08 bits per heavy atom. The molecule has 0 radical (unpaired) electrons. The fourth-order valence-corrected chi connectivity index (χ4v) is 3.88. The highest BCUT2D eigenvalue weighted by atomic mass is 79.9. The zero-order chi connectivity index (χ0) is 18.1. The molecule has 1 unspecified atom stereocenters. The molecule has 0 bridgehead atoms. The number of hydrogen-bond acceptors (Lipinski definition) is 2. The maximum Gasteiger partial charge on any atom is 0.145 e. The molecule has 0 heterocycles. The highest BCUT2D eigenvalue weighted by Crippen LogP contribution is 2.39. The van der Waals surface area contributed by atoms with Crippen LogP contribution in [0.2, 0.25) is 5.02 Å². The molecule has 0 amide bonds. The minimum absolute atomic E-state index is 0.0357. The summed E-state index contributed by atoms with van der Waals surface area (Å²) in [6.45, 7) is 3.33. The molecule has 25 heavy (non-hydrogen) atoms. The van der Waals surface area contributed by atoms with Crippen molar-refractivity contribution in [3.05, 3.63) is 35.4 Å². The fourth-order valence-electron chi connectivity index (χ4n) is 2.63. The van der Waals surface area contributed by atoms with Crippen LogP contribution >= 0.6 is 39.1 Å². The third kappa shape index (κ3) is 6.23. The van der Waals surface area contributed by atoms with Crippen LogP contribution < -0.4 is 9.47 Å². The van der Waals surface area contributed by atoms with E-state index in [1.54, 1.807) is 0 Å². The quantitative estimate of drug-likeness (QED) is 0.267. The van der Waals surface area contributed by atoms with Crippen LogP contribution in [0.25, 0.3) is 10.8 Å². The third-order valence-electron chi connectivity index (χ3n) is 4.00. The monoisotopic (exact) mass is 446 g/mol. The van der Waals surface area contributed by atoms with E-state index < -0.39 is 0 Å². The summed E-state index contributed by atoms with van der Waals surface area (Å²) in [4.78, 5) is 0. The van der Waals surface area contributed by atoms with Gasteiger partial charge in [-0.25, -0.2) is 0 Å². The van der Waals surface area contributed by atoms with Crippen LogP contribution in [0.3, 0.4) is 0 Å². The lowest BCUT2D eigenvalue weighted by Crippen LogP contribution is -2.12. The molecule has 0 fully saturated rings. The first-order valence-electron chi connectivity index (χ1n) is 8.84. The Morgan fingerprint density at radius 2 is 1.84 bits per heavy atom. The lowest BCUT2D eigenvalue weighted by Gasteiger charge is -2.16. The Hall–Kier alpha value is -0.640. The first kappa shape index (κ1) is 20.7. The highest BCUT2D eigenvalue weighted by molar-refractivity contribution is 9.09. The second kappa shape index (κ2) is 11.2. The van der Waals surface area contributed by atoms with Gasteiger partial charge in [-0.3, -0.25) is 0 Å². The predicted molar refractivity (Wildman–Crippen MR) is 112 cm³/mol. The van der Waals surface area contributed by atoms with E-state index in [0.717, 1.165) is 40.4 Å². The average molecular weight is 448 g/mol. The minimum Gasteiger partial charge on any atom is -0.491 e. The van der Waals surface area contributed by atoms with Gasteiger partial charge in [0.25, 0.3) is 0 Å². The molecule has 0 aliphatic carbocycles. The minimum atomic E-state index is -0.0357. The van der Waals surface area contributed by atoms with E-state index in [9.17, 15) is 0 Å². The molecule has 2 rings (SSSR count). The maximum atomic E-state index is 6.48.